The Morgan fingerprint density at radius 3 is 1.39 bits per heavy atom. The van der Waals surface area contributed by atoms with Crippen molar-refractivity contribution in [3.8, 4) is 0 Å². The van der Waals surface area contributed by atoms with Crippen molar-refractivity contribution in [3.05, 3.63) is 88.0 Å². The van der Waals surface area contributed by atoms with Gasteiger partial charge in [0.05, 0.1) is 19.3 Å². The van der Waals surface area contributed by atoms with Gasteiger partial charge in [-0.25, -0.2) is 0 Å². The van der Waals surface area contributed by atoms with Crippen molar-refractivity contribution in [3.63, 3.8) is 0 Å². The van der Waals surface area contributed by atoms with Crippen LogP contribution in [0.5, 0.6) is 0 Å². The number of benzene rings is 3. The fourth-order valence-corrected chi connectivity index (χ4v) is 7.48. The second-order valence-corrected chi connectivity index (χ2v) is 14.4. The van der Waals surface area contributed by atoms with E-state index in [4.69, 9.17) is 0 Å². The third kappa shape index (κ3) is 11.4. The summed E-state index contributed by atoms with van der Waals surface area (Å²) in [7, 11) is 6.15. The Morgan fingerprint density at radius 2 is 0.922 bits per heavy atom. The summed E-state index contributed by atoms with van der Waals surface area (Å²) in [5.41, 5.74) is 10.5. The normalized spacial score (nSPS) is 17.3. The lowest BCUT2D eigenvalue weighted by molar-refractivity contribution is -0.131. The Bertz CT molecular complexity index is 1760. The summed E-state index contributed by atoms with van der Waals surface area (Å²) in [6.45, 7) is 12.1. The van der Waals surface area contributed by atoms with Gasteiger partial charge in [0.1, 0.15) is 56.5 Å². The quantitative estimate of drug-likeness (QED) is 0.258. The zero-order chi connectivity index (χ0) is 37.2. The van der Waals surface area contributed by atoms with E-state index in [0.29, 0.717) is 38.5 Å². The Kier molecular flexibility index (Phi) is 14.3. The summed E-state index contributed by atoms with van der Waals surface area (Å²) in [6, 6.07) is 18.7. The molecule has 0 N–H and O–H groups in total. The van der Waals surface area contributed by atoms with Crippen LogP contribution in [-0.4, -0.2) is 56.5 Å². The van der Waals surface area contributed by atoms with Crippen LogP contribution in [0.2, 0.25) is 20.5 Å². The lowest BCUT2D eigenvalue weighted by atomic mass is 9.66. The van der Waals surface area contributed by atoms with Crippen molar-refractivity contribution in [2.24, 2.45) is 0 Å². The van der Waals surface area contributed by atoms with E-state index < -0.39 is 0 Å². The molecule has 0 amide bonds. The molecule has 0 aromatic heterocycles. The van der Waals surface area contributed by atoms with Crippen molar-refractivity contribution < 1.29 is 28.8 Å². The van der Waals surface area contributed by atoms with E-state index in [1.165, 1.54) is 22.2 Å². The Morgan fingerprint density at radius 1 is 0.451 bits per heavy atom. The summed E-state index contributed by atoms with van der Waals surface area (Å²) >= 11 is 0. The van der Waals surface area contributed by atoms with Gasteiger partial charge >= 0.3 is 0 Å². The summed E-state index contributed by atoms with van der Waals surface area (Å²) < 4.78 is 0. The first-order valence-corrected chi connectivity index (χ1v) is 18.1. The first-order valence-electron chi connectivity index (χ1n) is 18.1. The Balaban J connectivity index is 0.000000172. The number of rotatable bonds is 6. The van der Waals surface area contributed by atoms with Crippen LogP contribution in [0, 0.1) is 20.8 Å². The zero-order valence-corrected chi connectivity index (χ0v) is 31.0. The first kappa shape index (κ1) is 39.7. The maximum atomic E-state index is 11.5. The fraction of sp³-hybridized carbons (Fsp3) is 0.429. The second kappa shape index (κ2) is 18.4. The molecule has 3 aromatic carbocycles. The van der Waals surface area contributed by atoms with Crippen LogP contribution in [-0.2, 0) is 28.8 Å². The largest absolute Gasteiger partial charge is 0.299 e. The molecule has 0 heterocycles. The van der Waals surface area contributed by atoms with Gasteiger partial charge in [0, 0.05) is 38.5 Å². The van der Waals surface area contributed by atoms with E-state index in [1.807, 2.05) is 54.9 Å². The number of carbonyl (C=O) groups is 6. The number of aryl methyl sites for hydroxylation is 3. The van der Waals surface area contributed by atoms with Crippen LogP contribution >= 0.6 is 0 Å². The van der Waals surface area contributed by atoms with Crippen LogP contribution in [0.15, 0.2) is 54.6 Å². The third-order valence-electron chi connectivity index (χ3n) is 10.0. The SMILES string of the molecule is C[B]c1cc(C)cc(C2CC(=O)CC(=O)C2)c1.C[B]c1ccc(C)cc1C1CC(=O)CC(=O)C1.C[B]c1ccc(C2CC(=O)CC(=O)C2)cc1C. The van der Waals surface area contributed by atoms with Gasteiger partial charge in [-0.3, -0.25) is 28.8 Å². The fourth-order valence-electron chi connectivity index (χ4n) is 7.48. The minimum atomic E-state index is 0.0785. The van der Waals surface area contributed by atoms with Crippen LogP contribution in [0.3, 0.4) is 0 Å². The molecule has 3 fully saturated rings. The van der Waals surface area contributed by atoms with Crippen LogP contribution in [0.1, 0.15) is 109 Å². The van der Waals surface area contributed by atoms with Crippen molar-refractivity contribution in [1.29, 1.82) is 0 Å². The van der Waals surface area contributed by atoms with Gasteiger partial charge < -0.3 is 0 Å². The van der Waals surface area contributed by atoms with E-state index in [-0.39, 0.29) is 71.7 Å². The Labute approximate surface area is 305 Å². The van der Waals surface area contributed by atoms with Crippen molar-refractivity contribution in [2.45, 2.75) is 117 Å². The summed E-state index contributed by atoms with van der Waals surface area (Å²) in [5.74, 6) is 0.727. The molecule has 0 spiro atoms. The van der Waals surface area contributed by atoms with Gasteiger partial charge in [-0.1, -0.05) is 114 Å². The molecule has 6 rings (SSSR count). The topological polar surface area (TPSA) is 102 Å². The van der Waals surface area contributed by atoms with Crippen molar-refractivity contribution >= 4 is 72.9 Å². The zero-order valence-electron chi connectivity index (χ0n) is 31.0. The standard InChI is InChI=1S/3C14H16BO2/c1-9-3-10(5-12(4-9)15-2)11-6-13(16)8-14(17)7-11;1-9-5-10(3-4-14(9)15-2)11-6-12(16)8-13(17)7-11;1-9-3-4-14(15-2)13(5-9)10-6-11(16)8-12(17)7-10/h2*3-5,11H,6-8H2,1-2H3;3-5,10H,6-8H2,1-2H3. The number of hydrogen-bond donors (Lipinski definition) is 0. The summed E-state index contributed by atoms with van der Waals surface area (Å²) in [4.78, 5) is 68.8. The molecule has 0 aliphatic heterocycles. The van der Waals surface area contributed by atoms with Gasteiger partial charge in [-0.2, -0.15) is 0 Å². The molecule has 9 heteroatoms. The van der Waals surface area contributed by atoms with Crippen LogP contribution in [0.4, 0.5) is 0 Å². The predicted molar refractivity (Wildman–Crippen MR) is 207 cm³/mol. The molecule has 3 radical (unpaired) electrons. The van der Waals surface area contributed by atoms with E-state index in [1.54, 1.807) is 0 Å². The molecule has 3 aromatic rings. The summed E-state index contributed by atoms with van der Waals surface area (Å²) in [6.07, 6.45) is 3.47. The van der Waals surface area contributed by atoms with Crippen LogP contribution < -0.4 is 16.4 Å². The highest BCUT2D eigenvalue weighted by Gasteiger charge is 2.29. The maximum Gasteiger partial charge on any atom is 0.148 e. The van der Waals surface area contributed by atoms with E-state index in [9.17, 15) is 28.8 Å². The number of ketones is 6. The smallest absolute Gasteiger partial charge is 0.148 e. The molecular weight excluding hydrogens is 633 g/mol. The lowest BCUT2D eigenvalue weighted by Crippen LogP contribution is -2.27. The van der Waals surface area contributed by atoms with Crippen molar-refractivity contribution in [2.75, 3.05) is 0 Å². The van der Waals surface area contributed by atoms with Gasteiger partial charge in [-0.15, -0.1) is 0 Å². The van der Waals surface area contributed by atoms with Gasteiger partial charge in [0.25, 0.3) is 0 Å². The first-order chi connectivity index (χ1) is 24.3. The highest BCUT2D eigenvalue weighted by atomic mass is 16.2. The molecule has 3 aliphatic rings. The molecule has 3 saturated carbocycles. The van der Waals surface area contributed by atoms with E-state index >= 15 is 0 Å². The molecule has 0 bridgehead atoms. The number of Topliss-reactive ketones (excluding diaryl/α,β-unsaturated/α-hetero) is 6. The van der Waals surface area contributed by atoms with Gasteiger partial charge in [0.15, 0.2) is 0 Å². The predicted octanol–water partition coefficient (Wildman–Crippen LogP) is 5.33. The third-order valence-corrected chi connectivity index (χ3v) is 10.0. The second-order valence-electron chi connectivity index (χ2n) is 14.4. The highest BCUT2D eigenvalue weighted by Crippen LogP contribution is 2.31. The van der Waals surface area contributed by atoms with Gasteiger partial charge in [-0.05, 0) is 49.7 Å². The summed E-state index contributed by atoms with van der Waals surface area (Å²) in [5, 5.41) is 0. The number of hydrogen-bond acceptors (Lipinski definition) is 6. The molecular formula is C42H48B3O6. The monoisotopic (exact) mass is 681 g/mol. The molecule has 6 nitrogen and oxygen atoms in total. The Hall–Kier alpha value is -4.13. The molecule has 0 saturated heterocycles. The maximum absolute atomic E-state index is 11.5. The minimum absolute atomic E-state index is 0.0785. The van der Waals surface area contributed by atoms with E-state index in [0.717, 1.165) is 27.6 Å². The van der Waals surface area contributed by atoms with E-state index in [2.05, 4.69) is 62.7 Å². The highest BCUT2D eigenvalue weighted by molar-refractivity contribution is 6.53. The average Bonchev–Trinajstić information content (AvgIpc) is 3.07. The van der Waals surface area contributed by atoms with Crippen molar-refractivity contribution in [1.82, 2.24) is 0 Å². The average molecular weight is 681 g/mol. The van der Waals surface area contributed by atoms with Crippen LogP contribution in [0.25, 0.3) is 0 Å². The van der Waals surface area contributed by atoms with Gasteiger partial charge in [0.2, 0.25) is 0 Å². The number of carbonyl (C=O) groups excluding carboxylic acids is 6. The molecule has 0 unspecified atom stereocenters. The minimum Gasteiger partial charge on any atom is -0.299 e. The lowest BCUT2D eigenvalue weighted by Gasteiger charge is -2.23. The molecule has 0 atom stereocenters. The molecule has 51 heavy (non-hydrogen) atoms. The molecule has 3 aliphatic carbocycles. The molecule has 261 valence electrons.